The second-order valence-electron chi connectivity index (χ2n) is 2.30. The second-order valence-corrected chi connectivity index (χ2v) is 2.73. The van der Waals surface area contributed by atoms with E-state index in [0.717, 1.165) is 5.69 Å². The van der Waals surface area contributed by atoms with Gasteiger partial charge in [-0.25, -0.2) is 0 Å². The third-order valence-corrected chi connectivity index (χ3v) is 1.61. The van der Waals surface area contributed by atoms with Crippen molar-refractivity contribution in [1.29, 1.82) is 0 Å². The van der Waals surface area contributed by atoms with Crippen molar-refractivity contribution in [1.82, 2.24) is 4.98 Å². The summed E-state index contributed by atoms with van der Waals surface area (Å²) < 4.78 is 0. The predicted molar refractivity (Wildman–Crippen MR) is 49.9 cm³/mol. The molecule has 2 N–H and O–H groups in total. The molecule has 1 unspecified atom stereocenters. The zero-order valence-electron chi connectivity index (χ0n) is 6.50. The van der Waals surface area contributed by atoms with E-state index >= 15 is 0 Å². The predicted octanol–water partition coefficient (Wildman–Crippen LogP) is 2.08. The lowest BCUT2D eigenvalue weighted by Gasteiger charge is -2.03. The summed E-state index contributed by atoms with van der Waals surface area (Å²) in [6.07, 6.45) is 3.21. The largest absolute Gasteiger partial charge is 0.319 e. The Morgan fingerprint density at radius 2 is 2.42 bits per heavy atom. The lowest BCUT2D eigenvalue weighted by atomic mass is 10.2. The van der Waals surface area contributed by atoms with Crippen LogP contribution in [0.4, 0.5) is 0 Å². The van der Waals surface area contributed by atoms with Gasteiger partial charge in [0.25, 0.3) is 0 Å². The number of pyridine rings is 1. The van der Waals surface area contributed by atoms with Crippen LogP contribution in [-0.2, 0) is 0 Å². The molecule has 1 rings (SSSR count). The Balaban J connectivity index is 2.89. The van der Waals surface area contributed by atoms with Crippen LogP contribution in [0.25, 0.3) is 0 Å². The first-order valence-corrected chi connectivity index (χ1v) is 3.85. The molecular weight excluding hydrogens is 172 g/mol. The number of aromatic nitrogens is 1. The lowest BCUT2D eigenvalue weighted by molar-refractivity contribution is 0.863. The molecule has 1 heterocycles. The topological polar surface area (TPSA) is 38.9 Å². The minimum atomic E-state index is -0.250. The van der Waals surface area contributed by atoms with E-state index in [-0.39, 0.29) is 6.04 Å². The second kappa shape index (κ2) is 4.07. The summed E-state index contributed by atoms with van der Waals surface area (Å²) in [5, 5.41) is 0.605. The number of hydrogen-bond donors (Lipinski definition) is 1. The van der Waals surface area contributed by atoms with Gasteiger partial charge in [0, 0.05) is 6.20 Å². The van der Waals surface area contributed by atoms with E-state index in [1.807, 2.05) is 0 Å². The van der Waals surface area contributed by atoms with Crippen LogP contribution in [-0.4, -0.2) is 4.98 Å². The van der Waals surface area contributed by atoms with Gasteiger partial charge in [0.05, 0.1) is 16.8 Å². The SMILES string of the molecule is C=C=CC(N)c1ccc(Cl)cn1. The van der Waals surface area contributed by atoms with Crippen molar-refractivity contribution in [2.75, 3.05) is 0 Å². The maximum atomic E-state index is 5.69. The summed E-state index contributed by atoms with van der Waals surface area (Å²) in [6.45, 7) is 3.43. The highest BCUT2D eigenvalue weighted by atomic mass is 35.5. The minimum Gasteiger partial charge on any atom is -0.319 e. The third-order valence-electron chi connectivity index (χ3n) is 1.39. The molecule has 1 atom stereocenters. The van der Waals surface area contributed by atoms with Crippen LogP contribution >= 0.6 is 11.6 Å². The van der Waals surface area contributed by atoms with Crippen LogP contribution in [0.15, 0.2) is 36.7 Å². The van der Waals surface area contributed by atoms with Gasteiger partial charge >= 0.3 is 0 Å². The number of halogens is 1. The molecule has 0 bridgehead atoms. The van der Waals surface area contributed by atoms with Gasteiger partial charge in [-0.15, -0.1) is 5.73 Å². The van der Waals surface area contributed by atoms with Crippen LogP contribution in [0.2, 0.25) is 5.02 Å². The van der Waals surface area contributed by atoms with Gasteiger partial charge in [0.15, 0.2) is 0 Å². The van der Waals surface area contributed by atoms with Crippen LogP contribution < -0.4 is 5.73 Å². The molecule has 62 valence electrons. The van der Waals surface area contributed by atoms with E-state index in [9.17, 15) is 0 Å². The Hall–Kier alpha value is -1.08. The standard InChI is InChI=1S/C9H9ClN2/c1-2-3-8(11)9-5-4-7(10)6-12-9/h3-6,8H,1,11H2. The molecule has 0 aliphatic heterocycles. The fraction of sp³-hybridized carbons (Fsp3) is 0.111. The molecule has 12 heavy (non-hydrogen) atoms. The Labute approximate surface area is 76.4 Å². The smallest absolute Gasteiger partial charge is 0.0730 e. The van der Waals surface area contributed by atoms with E-state index in [1.54, 1.807) is 24.4 Å². The molecule has 0 saturated carbocycles. The van der Waals surface area contributed by atoms with E-state index < -0.39 is 0 Å². The molecule has 2 nitrogen and oxygen atoms in total. The normalized spacial score (nSPS) is 11.8. The Bertz CT molecular complexity index is 299. The van der Waals surface area contributed by atoms with Crippen molar-refractivity contribution < 1.29 is 0 Å². The van der Waals surface area contributed by atoms with Gasteiger partial charge < -0.3 is 5.73 Å². The molecule has 0 radical (unpaired) electrons. The van der Waals surface area contributed by atoms with E-state index in [0.29, 0.717) is 5.02 Å². The van der Waals surface area contributed by atoms with Crippen LogP contribution in [0.1, 0.15) is 11.7 Å². The highest BCUT2D eigenvalue weighted by molar-refractivity contribution is 6.30. The monoisotopic (exact) mass is 180 g/mol. The molecule has 1 aromatic rings. The number of nitrogens with zero attached hydrogens (tertiary/aromatic N) is 1. The van der Waals surface area contributed by atoms with Crippen LogP contribution in [0.3, 0.4) is 0 Å². The summed E-state index contributed by atoms with van der Waals surface area (Å²) >= 11 is 5.65. The molecule has 0 aliphatic rings. The minimum absolute atomic E-state index is 0.250. The van der Waals surface area contributed by atoms with Gasteiger partial charge in [0.1, 0.15) is 0 Å². The maximum Gasteiger partial charge on any atom is 0.0730 e. The zero-order chi connectivity index (χ0) is 8.97. The number of nitrogens with two attached hydrogens (primary N) is 1. The summed E-state index contributed by atoms with van der Waals surface area (Å²) in [4.78, 5) is 4.04. The molecule has 0 saturated heterocycles. The van der Waals surface area contributed by atoms with Gasteiger partial charge in [-0.3, -0.25) is 4.98 Å². The van der Waals surface area contributed by atoms with E-state index in [4.69, 9.17) is 17.3 Å². The van der Waals surface area contributed by atoms with Gasteiger partial charge in [-0.1, -0.05) is 18.2 Å². The molecule has 0 fully saturated rings. The van der Waals surface area contributed by atoms with Crippen LogP contribution in [0, 0.1) is 0 Å². The summed E-state index contributed by atoms with van der Waals surface area (Å²) in [6, 6.07) is 3.28. The highest BCUT2D eigenvalue weighted by Crippen LogP contribution is 2.11. The van der Waals surface area contributed by atoms with Crippen molar-refractivity contribution in [3.8, 4) is 0 Å². The van der Waals surface area contributed by atoms with E-state index in [2.05, 4.69) is 17.3 Å². The van der Waals surface area contributed by atoms with Crippen molar-refractivity contribution in [2.24, 2.45) is 5.73 Å². The quantitative estimate of drug-likeness (QED) is 0.708. The third kappa shape index (κ3) is 2.21. The molecule has 3 heteroatoms. The lowest BCUT2D eigenvalue weighted by Crippen LogP contribution is -2.08. The molecule has 0 aliphatic carbocycles. The van der Waals surface area contributed by atoms with Gasteiger partial charge in [-0.2, -0.15) is 0 Å². The van der Waals surface area contributed by atoms with Crippen molar-refractivity contribution >= 4 is 11.6 Å². The fourth-order valence-corrected chi connectivity index (χ4v) is 0.909. The van der Waals surface area contributed by atoms with Crippen molar-refractivity contribution in [3.63, 3.8) is 0 Å². The maximum absolute atomic E-state index is 5.69. The highest BCUT2D eigenvalue weighted by Gasteiger charge is 2.01. The Morgan fingerprint density at radius 1 is 1.67 bits per heavy atom. The van der Waals surface area contributed by atoms with Crippen molar-refractivity contribution in [3.05, 3.63) is 47.4 Å². The van der Waals surface area contributed by atoms with Crippen LogP contribution in [0.5, 0.6) is 0 Å². The molecular formula is C9H9ClN2. The van der Waals surface area contributed by atoms with Gasteiger partial charge in [0.2, 0.25) is 0 Å². The summed E-state index contributed by atoms with van der Waals surface area (Å²) in [5.74, 6) is 0. The summed E-state index contributed by atoms with van der Waals surface area (Å²) in [7, 11) is 0. The first-order valence-electron chi connectivity index (χ1n) is 3.47. The molecule has 0 spiro atoms. The first kappa shape index (κ1) is 9.01. The van der Waals surface area contributed by atoms with Crippen molar-refractivity contribution in [2.45, 2.75) is 6.04 Å². The molecule has 0 amide bonds. The molecule has 0 aromatic carbocycles. The Morgan fingerprint density at radius 3 is 2.92 bits per heavy atom. The first-order chi connectivity index (χ1) is 5.74. The van der Waals surface area contributed by atoms with E-state index in [1.165, 1.54) is 0 Å². The van der Waals surface area contributed by atoms with Gasteiger partial charge in [-0.05, 0) is 18.2 Å². The average Bonchev–Trinajstić information content (AvgIpc) is 2.06. The molecule has 1 aromatic heterocycles. The number of hydrogen-bond acceptors (Lipinski definition) is 2. The zero-order valence-corrected chi connectivity index (χ0v) is 7.25. The average molecular weight is 181 g/mol. The number of rotatable bonds is 2. The summed E-state index contributed by atoms with van der Waals surface area (Å²) in [5.41, 5.74) is 9.06. The Kier molecular flexibility index (Phi) is 3.06. The fourth-order valence-electron chi connectivity index (χ4n) is 0.797.